The van der Waals surface area contributed by atoms with E-state index in [1.54, 1.807) is 0 Å². The van der Waals surface area contributed by atoms with E-state index in [1.807, 2.05) is 24.3 Å². The molecule has 1 atom stereocenters. The molecule has 2 heterocycles. The third kappa shape index (κ3) is 2.83. The van der Waals surface area contributed by atoms with Crippen molar-refractivity contribution in [1.82, 2.24) is 10.1 Å². The first kappa shape index (κ1) is 12.3. The fourth-order valence-electron chi connectivity index (χ4n) is 2.25. The van der Waals surface area contributed by atoms with E-state index >= 15 is 0 Å². The largest absolute Gasteiger partial charge is 0.378 e. The number of benzene rings is 1. The monoisotopic (exact) mass is 259 g/mol. The number of aromatic nitrogens is 2. The van der Waals surface area contributed by atoms with Gasteiger partial charge in [-0.2, -0.15) is 4.98 Å². The van der Waals surface area contributed by atoms with Crippen LogP contribution in [-0.2, 0) is 17.7 Å². The summed E-state index contributed by atoms with van der Waals surface area (Å²) in [5.74, 6) is 1.27. The number of hydrogen-bond acceptors (Lipinski definition) is 5. The summed E-state index contributed by atoms with van der Waals surface area (Å²) in [5, 5.41) is 4.01. The van der Waals surface area contributed by atoms with Crippen LogP contribution in [0.3, 0.4) is 0 Å². The van der Waals surface area contributed by atoms with Crippen LogP contribution in [0.25, 0.3) is 11.5 Å². The van der Waals surface area contributed by atoms with Crippen molar-refractivity contribution in [3.05, 3.63) is 35.7 Å². The van der Waals surface area contributed by atoms with Crippen molar-refractivity contribution < 1.29 is 9.26 Å². The van der Waals surface area contributed by atoms with Gasteiger partial charge in [-0.05, 0) is 30.5 Å². The zero-order chi connectivity index (χ0) is 13.1. The molecule has 1 saturated heterocycles. The maximum absolute atomic E-state index is 5.57. The van der Waals surface area contributed by atoms with E-state index in [-0.39, 0.29) is 6.10 Å². The Labute approximate surface area is 111 Å². The third-order valence-corrected chi connectivity index (χ3v) is 3.34. The van der Waals surface area contributed by atoms with Gasteiger partial charge in [-0.25, -0.2) is 0 Å². The van der Waals surface area contributed by atoms with E-state index in [0.717, 1.165) is 37.0 Å². The molecule has 0 radical (unpaired) electrons. The van der Waals surface area contributed by atoms with Crippen LogP contribution in [-0.4, -0.2) is 22.9 Å². The maximum Gasteiger partial charge on any atom is 0.257 e. The first-order chi connectivity index (χ1) is 9.35. The molecule has 1 aliphatic heterocycles. The number of nitrogens with zero attached hydrogens (tertiary/aromatic N) is 2. The number of nitrogens with two attached hydrogens (primary N) is 1. The number of ether oxygens (including phenoxy) is 1. The Morgan fingerprint density at radius 1 is 1.26 bits per heavy atom. The molecule has 0 aliphatic carbocycles. The Morgan fingerprint density at radius 3 is 2.79 bits per heavy atom. The summed E-state index contributed by atoms with van der Waals surface area (Å²) in [4.78, 5) is 4.41. The molecule has 2 N–H and O–H groups in total. The van der Waals surface area contributed by atoms with Crippen molar-refractivity contribution in [2.75, 3.05) is 6.61 Å². The summed E-state index contributed by atoms with van der Waals surface area (Å²) in [5.41, 5.74) is 7.57. The second kappa shape index (κ2) is 5.50. The summed E-state index contributed by atoms with van der Waals surface area (Å²) >= 11 is 0. The zero-order valence-electron chi connectivity index (χ0n) is 10.7. The van der Waals surface area contributed by atoms with Gasteiger partial charge in [0.1, 0.15) is 0 Å². The highest BCUT2D eigenvalue weighted by molar-refractivity contribution is 5.53. The van der Waals surface area contributed by atoms with Crippen molar-refractivity contribution >= 4 is 0 Å². The first-order valence-corrected chi connectivity index (χ1v) is 6.59. The van der Waals surface area contributed by atoms with E-state index < -0.39 is 0 Å². The molecule has 1 fully saturated rings. The average Bonchev–Trinajstić information content (AvgIpc) is 3.11. The molecular weight excluding hydrogens is 242 g/mol. The highest BCUT2D eigenvalue weighted by atomic mass is 16.5. The Morgan fingerprint density at radius 2 is 2.11 bits per heavy atom. The smallest absolute Gasteiger partial charge is 0.257 e. The molecular formula is C14H17N3O2. The minimum absolute atomic E-state index is 0.241. The Hall–Kier alpha value is -1.72. The molecule has 1 aromatic carbocycles. The summed E-state index contributed by atoms with van der Waals surface area (Å²) in [6, 6.07) is 7.84. The van der Waals surface area contributed by atoms with Gasteiger partial charge in [0.15, 0.2) is 5.82 Å². The van der Waals surface area contributed by atoms with Crippen LogP contribution < -0.4 is 5.73 Å². The molecule has 0 saturated carbocycles. The fraction of sp³-hybridized carbons (Fsp3) is 0.429. The summed E-state index contributed by atoms with van der Waals surface area (Å²) in [7, 11) is 0. The van der Waals surface area contributed by atoms with Gasteiger partial charge in [0.25, 0.3) is 5.89 Å². The lowest BCUT2D eigenvalue weighted by atomic mass is 10.1. The van der Waals surface area contributed by atoms with Gasteiger partial charge in [-0.3, -0.25) is 0 Å². The van der Waals surface area contributed by atoms with Crippen LogP contribution >= 0.6 is 0 Å². The quantitative estimate of drug-likeness (QED) is 0.908. The van der Waals surface area contributed by atoms with Gasteiger partial charge in [0.05, 0.1) is 6.10 Å². The van der Waals surface area contributed by atoms with E-state index in [9.17, 15) is 0 Å². The lowest BCUT2D eigenvalue weighted by Gasteiger charge is -2.03. The summed E-state index contributed by atoms with van der Waals surface area (Å²) < 4.78 is 10.9. The lowest BCUT2D eigenvalue weighted by molar-refractivity contribution is 0.109. The van der Waals surface area contributed by atoms with Gasteiger partial charge < -0.3 is 15.0 Å². The standard InChI is InChI=1S/C14H17N3O2/c15-9-10-3-5-11(6-4-10)14-16-13(17-19-14)8-12-2-1-7-18-12/h3-6,12H,1-2,7-9,15H2. The maximum atomic E-state index is 5.57. The van der Waals surface area contributed by atoms with Crippen LogP contribution in [0.4, 0.5) is 0 Å². The Bertz CT molecular complexity index is 530. The Kier molecular flexibility index (Phi) is 3.57. The predicted octanol–water partition coefficient (Wildman–Crippen LogP) is 1.92. The molecule has 3 rings (SSSR count). The van der Waals surface area contributed by atoms with Crippen molar-refractivity contribution in [2.45, 2.75) is 31.9 Å². The highest BCUT2D eigenvalue weighted by Crippen LogP contribution is 2.20. The molecule has 0 amide bonds. The third-order valence-electron chi connectivity index (χ3n) is 3.34. The SMILES string of the molecule is NCc1ccc(-c2nc(CC3CCCO3)no2)cc1. The average molecular weight is 259 g/mol. The predicted molar refractivity (Wildman–Crippen MR) is 70.3 cm³/mol. The highest BCUT2D eigenvalue weighted by Gasteiger charge is 2.19. The minimum atomic E-state index is 0.241. The van der Waals surface area contributed by atoms with Crippen LogP contribution in [0.2, 0.25) is 0 Å². The fourth-order valence-corrected chi connectivity index (χ4v) is 2.25. The molecule has 5 heteroatoms. The topological polar surface area (TPSA) is 74.2 Å². The van der Waals surface area contributed by atoms with Crippen molar-refractivity contribution in [3.63, 3.8) is 0 Å². The molecule has 1 unspecified atom stereocenters. The van der Waals surface area contributed by atoms with Crippen LogP contribution in [0, 0.1) is 0 Å². The molecule has 19 heavy (non-hydrogen) atoms. The number of rotatable bonds is 4. The van der Waals surface area contributed by atoms with E-state index in [2.05, 4.69) is 10.1 Å². The van der Waals surface area contributed by atoms with Crippen molar-refractivity contribution in [2.24, 2.45) is 5.73 Å². The van der Waals surface area contributed by atoms with Crippen LogP contribution in [0.15, 0.2) is 28.8 Å². The Balaban J connectivity index is 1.72. The number of hydrogen-bond donors (Lipinski definition) is 1. The van der Waals surface area contributed by atoms with E-state index in [0.29, 0.717) is 18.3 Å². The van der Waals surface area contributed by atoms with E-state index in [1.165, 1.54) is 0 Å². The normalized spacial score (nSPS) is 18.9. The molecule has 100 valence electrons. The molecule has 2 aromatic rings. The van der Waals surface area contributed by atoms with Crippen molar-refractivity contribution in [3.8, 4) is 11.5 Å². The van der Waals surface area contributed by atoms with Gasteiger partial charge in [-0.15, -0.1) is 0 Å². The lowest BCUT2D eigenvalue weighted by Crippen LogP contribution is -2.09. The molecule has 0 bridgehead atoms. The van der Waals surface area contributed by atoms with E-state index in [4.69, 9.17) is 15.0 Å². The summed E-state index contributed by atoms with van der Waals surface area (Å²) in [6.07, 6.45) is 3.17. The second-order valence-electron chi connectivity index (χ2n) is 4.76. The molecule has 5 nitrogen and oxygen atoms in total. The molecule has 1 aliphatic rings. The first-order valence-electron chi connectivity index (χ1n) is 6.59. The van der Waals surface area contributed by atoms with Gasteiger partial charge >= 0.3 is 0 Å². The summed E-state index contributed by atoms with van der Waals surface area (Å²) in [6.45, 7) is 1.38. The van der Waals surface area contributed by atoms with Crippen molar-refractivity contribution in [1.29, 1.82) is 0 Å². The van der Waals surface area contributed by atoms with Crippen LogP contribution in [0.1, 0.15) is 24.2 Å². The van der Waals surface area contributed by atoms with Gasteiger partial charge in [0, 0.05) is 25.1 Å². The second-order valence-corrected chi connectivity index (χ2v) is 4.76. The molecule has 1 aromatic heterocycles. The minimum Gasteiger partial charge on any atom is -0.378 e. The molecule has 0 spiro atoms. The van der Waals surface area contributed by atoms with Crippen LogP contribution in [0.5, 0.6) is 0 Å². The zero-order valence-corrected chi connectivity index (χ0v) is 10.7. The van der Waals surface area contributed by atoms with Gasteiger partial charge in [-0.1, -0.05) is 17.3 Å². The van der Waals surface area contributed by atoms with Gasteiger partial charge in [0.2, 0.25) is 0 Å².